The molecule has 1 heterocycles. The Morgan fingerprint density at radius 3 is 2.61 bits per heavy atom. The van der Waals surface area contributed by atoms with Crippen LogP contribution in [0.25, 0.3) is 0 Å². The first kappa shape index (κ1) is 15.9. The van der Waals surface area contributed by atoms with Crippen LogP contribution < -0.4 is 5.32 Å². The fraction of sp³-hybridized carbons (Fsp3) is 0.857. The average Bonchev–Trinajstić information content (AvgIpc) is 2.33. The Morgan fingerprint density at radius 1 is 1.39 bits per heavy atom. The van der Waals surface area contributed by atoms with Crippen molar-refractivity contribution in [1.82, 2.24) is 10.2 Å². The number of piperidine rings is 1. The van der Waals surface area contributed by atoms with Gasteiger partial charge in [0.25, 0.3) is 0 Å². The first-order chi connectivity index (χ1) is 8.58. The van der Waals surface area contributed by atoms with Crippen LogP contribution in [0.3, 0.4) is 0 Å². The minimum atomic E-state index is -0.640. The Hall–Kier alpha value is -0.190. The highest BCUT2D eigenvalue weighted by Gasteiger charge is 2.17. The maximum Gasteiger partial charge on any atom is 0.0244 e. The van der Waals surface area contributed by atoms with Crippen LogP contribution in [0.2, 0.25) is 0 Å². The van der Waals surface area contributed by atoms with Gasteiger partial charge in [-0.3, -0.25) is 9.11 Å². The number of allylic oxidation sites excluding steroid dienone is 1. The predicted molar refractivity (Wildman–Crippen MR) is 80.4 cm³/mol. The van der Waals surface area contributed by atoms with E-state index in [1.807, 2.05) is 0 Å². The van der Waals surface area contributed by atoms with E-state index in [0.717, 1.165) is 25.3 Å². The number of nitrogens with one attached hydrogen (secondary N) is 1. The summed E-state index contributed by atoms with van der Waals surface area (Å²) >= 11 is 0. The largest absolute Gasteiger partial charge is 0.314 e. The highest BCUT2D eigenvalue weighted by atomic mass is 32.2. The van der Waals surface area contributed by atoms with Gasteiger partial charge < -0.3 is 5.32 Å². The molecule has 1 fully saturated rings. The van der Waals surface area contributed by atoms with Crippen LogP contribution >= 0.6 is 0 Å². The fourth-order valence-corrected chi connectivity index (χ4v) is 2.76. The predicted octanol–water partition coefficient (Wildman–Crippen LogP) is 1.78. The molecular formula is C14H28N2OS. The minimum absolute atomic E-state index is 0.640. The second kappa shape index (κ2) is 8.83. The van der Waals surface area contributed by atoms with Gasteiger partial charge >= 0.3 is 0 Å². The van der Waals surface area contributed by atoms with Crippen molar-refractivity contribution < 1.29 is 4.21 Å². The number of hydrogen-bond donors (Lipinski definition) is 1. The molecule has 1 rings (SSSR count). The summed E-state index contributed by atoms with van der Waals surface area (Å²) in [5, 5.41) is 3.59. The lowest BCUT2D eigenvalue weighted by atomic mass is 10.0. The van der Waals surface area contributed by atoms with Crippen molar-refractivity contribution >= 4 is 10.8 Å². The molecule has 1 atom stereocenters. The van der Waals surface area contributed by atoms with Gasteiger partial charge in [-0.15, -0.1) is 0 Å². The van der Waals surface area contributed by atoms with E-state index in [2.05, 4.69) is 30.1 Å². The summed E-state index contributed by atoms with van der Waals surface area (Å²) in [5.41, 5.74) is 1.41. The normalized spacial score (nSPS) is 19.7. The van der Waals surface area contributed by atoms with Gasteiger partial charge in [-0.25, -0.2) is 0 Å². The molecule has 1 saturated heterocycles. The van der Waals surface area contributed by atoms with Crippen LogP contribution in [0.1, 0.15) is 33.1 Å². The number of nitrogens with zero attached hydrogens (tertiary/aromatic N) is 1. The minimum Gasteiger partial charge on any atom is -0.314 e. The Morgan fingerprint density at radius 2 is 2.06 bits per heavy atom. The third-order valence-electron chi connectivity index (χ3n) is 3.39. The van der Waals surface area contributed by atoms with Gasteiger partial charge in [-0.2, -0.15) is 0 Å². The van der Waals surface area contributed by atoms with Crippen LogP contribution in [-0.2, 0) is 10.8 Å². The summed E-state index contributed by atoms with van der Waals surface area (Å²) in [4.78, 5) is 2.52. The average molecular weight is 272 g/mol. The summed E-state index contributed by atoms with van der Waals surface area (Å²) < 4.78 is 10.9. The SMILES string of the molecule is CC(C)=CCN1CCC(NCCCS(C)=O)CC1. The van der Waals surface area contributed by atoms with Gasteiger partial charge in [0, 0.05) is 35.4 Å². The molecule has 0 amide bonds. The van der Waals surface area contributed by atoms with Gasteiger partial charge in [-0.05, 0) is 52.7 Å². The van der Waals surface area contributed by atoms with E-state index in [1.54, 1.807) is 6.26 Å². The standard InChI is InChI=1S/C14H28N2OS/c1-13(2)5-9-16-10-6-14(7-11-16)15-8-4-12-18(3)17/h5,14-15H,4,6-12H2,1-3H3. The molecule has 18 heavy (non-hydrogen) atoms. The zero-order valence-corrected chi connectivity index (χ0v) is 12.9. The number of hydrogen-bond acceptors (Lipinski definition) is 3. The van der Waals surface area contributed by atoms with E-state index >= 15 is 0 Å². The van der Waals surface area contributed by atoms with Gasteiger partial charge in [0.15, 0.2) is 0 Å². The van der Waals surface area contributed by atoms with Gasteiger partial charge in [0.2, 0.25) is 0 Å². The molecular weight excluding hydrogens is 244 g/mol. The third kappa shape index (κ3) is 7.29. The van der Waals surface area contributed by atoms with Crippen molar-refractivity contribution in [2.24, 2.45) is 0 Å². The van der Waals surface area contributed by atoms with E-state index in [4.69, 9.17) is 0 Å². The van der Waals surface area contributed by atoms with Crippen molar-refractivity contribution in [3.8, 4) is 0 Å². The van der Waals surface area contributed by atoms with Crippen LogP contribution in [0.4, 0.5) is 0 Å². The van der Waals surface area contributed by atoms with Crippen molar-refractivity contribution in [3.05, 3.63) is 11.6 Å². The molecule has 0 aromatic carbocycles. The molecule has 0 bridgehead atoms. The highest BCUT2D eigenvalue weighted by molar-refractivity contribution is 7.84. The lowest BCUT2D eigenvalue weighted by Crippen LogP contribution is -2.42. The zero-order valence-electron chi connectivity index (χ0n) is 12.1. The van der Waals surface area contributed by atoms with Gasteiger partial charge in [-0.1, -0.05) is 11.6 Å². The smallest absolute Gasteiger partial charge is 0.0244 e. The first-order valence-corrected chi connectivity index (χ1v) is 8.70. The molecule has 0 aromatic rings. The van der Waals surface area contributed by atoms with E-state index in [9.17, 15) is 4.21 Å². The molecule has 106 valence electrons. The van der Waals surface area contributed by atoms with Crippen LogP contribution in [0.15, 0.2) is 11.6 Å². The first-order valence-electron chi connectivity index (χ1n) is 6.97. The molecule has 0 radical (unpaired) electrons. The number of rotatable bonds is 7. The molecule has 0 spiro atoms. The van der Waals surface area contributed by atoms with Crippen molar-refractivity contribution in [2.75, 3.05) is 38.2 Å². The van der Waals surface area contributed by atoms with E-state index < -0.39 is 10.8 Å². The van der Waals surface area contributed by atoms with Crippen molar-refractivity contribution in [1.29, 1.82) is 0 Å². The summed E-state index contributed by atoms with van der Waals surface area (Å²) in [7, 11) is -0.640. The summed E-state index contributed by atoms with van der Waals surface area (Å²) in [6, 6.07) is 0.665. The van der Waals surface area contributed by atoms with Crippen LogP contribution in [0.5, 0.6) is 0 Å². The van der Waals surface area contributed by atoms with E-state index in [1.165, 1.54) is 31.5 Å². The topological polar surface area (TPSA) is 32.3 Å². The van der Waals surface area contributed by atoms with Gasteiger partial charge in [0.05, 0.1) is 0 Å². The van der Waals surface area contributed by atoms with E-state index in [0.29, 0.717) is 6.04 Å². The molecule has 3 nitrogen and oxygen atoms in total. The quantitative estimate of drug-likeness (QED) is 0.566. The van der Waals surface area contributed by atoms with Crippen molar-refractivity contribution in [2.45, 2.75) is 39.2 Å². The number of likely N-dealkylation sites (tertiary alicyclic amines) is 1. The second-order valence-electron chi connectivity index (χ2n) is 5.44. The molecule has 0 saturated carbocycles. The lowest BCUT2D eigenvalue weighted by molar-refractivity contribution is 0.215. The Kier molecular flexibility index (Phi) is 7.79. The molecule has 0 aliphatic carbocycles. The van der Waals surface area contributed by atoms with Gasteiger partial charge in [0.1, 0.15) is 0 Å². The molecule has 1 aliphatic rings. The van der Waals surface area contributed by atoms with Crippen LogP contribution in [0, 0.1) is 0 Å². The fourth-order valence-electron chi connectivity index (χ4n) is 2.21. The molecule has 1 unspecified atom stereocenters. The third-order valence-corrected chi connectivity index (χ3v) is 4.25. The monoisotopic (exact) mass is 272 g/mol. The molecule has 4 heteroatoms. The lowest BCUT2D eigenvalue weighted by Gasteiger charge is -2.31. The maximum absolute atomic E-state index is 10.9. The summed E-state index contributed by atoms with van der Waals surface area (Å²) in [5.74, 6) is 0.826. The highest BCUT2D eigenvalue weighted by Crippen LogP contribution is 2.10. The Labute approximate surface area is 114 Å². The zero-order chi connectivity index (χ0) is 13.4. The summed E-state index contributed by atoms with van der Waals surface area (Å²) in [6.07, 6.45) is 7.60. The maximum atomic E-state index is 10.9. The summed E-state index contributed by atoms with van der Waals surface area (Å²) in [6.45, 7) is 8.82. The molecule has 1 aliphatic heterocycles. The Balaban J connectivity index is 2.08. The molecule has 0 aromatic heterocycles. The van der Waals surface area contributed by atoms with E-state index in [-0.39, 0.29) is 0 Å². The van der Waals surface area contributed by atoms with Crippen molar-refractivity contribution in [3.63, 3.8) is 0 Å². The van der Waals surface area contributed by atoms with Crippen LogP contribution in [-0.4, -0.2) is 53.3 Å². The Bertz CT molecular complexity index is 280. The molecule has 1 N–H and O–H groups in total. The second-order valence-corrected chi connectivity index (χ2v) is 7.00.